The minimum atomic E-state index is -0.931. The van der Waals surface area contributed by atoms with Gasteiger partial charge in [0.05, 0.1) is 12.0 Å². The summed E-state index contributed by atoms with van der Waals surface area (Å²) < 4.78 is 16.7. The molecule has 3 rings (SSSR count). The van der Waals surface area contributed by atoms with Crippen molar-refractivity contribution in [3.05, 3.63) is 63.8 Å². The molecule has 1 heterocycles. The molecule has 0 amide bonds. The summed E-state index contributed by atoms with van der Waals surface area (Å²) in [5, 5.41) is 0.414. The van der Waals surface area contributed by atoms with Crippen molar-refractivity contribution in [1.29, 1.82) is 0 Å². The van der Waals surface area contributed by atoms with Crippen LogP contribution < -0.4 is 10.2 Å². The van der Waals surface area contributed by atoms with Crippen molar-refractivity contribution in [3.63, 3.8) is 0 Å². The average molecular weight is 366 g/mol. The molecule has 0 spiro atoms. The van der Waals surface area contributed by atoms with Gasteiger partial charge in [-0.25, -0.2) is 4.79 Å². The molecule has 140 valence electrons. The topological polar surface area (TPSA) is 65.7 Å². The highest BCUT2D eigenvalue weighted by molar-refractivity contribution is 5.83. The second-order valence-electron chi connectivity index (χ2n) is 6.47. The zero-order chi connectivity index (χ0) is 19.6. The standard InChI is InChI=1S/C22H22O5/c1-5-25-22(24)15(4)26-21-19(23)17-12-14(3)8-11-18(17)27-20(21)16-9-6-13(2)7-10-16/h6-12,15H,5H2,1-4H3/t15-/m0/s1. The van der Waals surface area contributed by atoms with Crippen molar-refractivity contribution in [2.75, 3.05) is 6.61 Å². The molecule has 0 aliphatic heterocycles. The number of rotatable bonds is 5. The first-order valence-corrected chi connectivity index (χ1v) is 8.88. The average Bonchev–Trinajstić information content (AvgIpc) is 2.65. The first-order chi connectivity index (χ1) is 12.9. The predicted octanol–water partition coefficient (Wildman–Crippen LogP) is 4.41. The summed E-state index contributed by atoms with van der Waals surface area (Å²) in [6.45, 7) is 7.38. The Morgan fingerprint density at radius 1 is 1.07 bits per heavy atom. The summed E-state index contributed by atoms with van der Waals surface area (Å²) >= 11 is 0. The van der Waals surface area contributed by atoms with Gasteiger partial charge in [-0.15, -0.1) is 0 Å². The maximum Gasteiger partial charge on any atom is 0.347 e. The van der Waals surface area contributed by atoms with Gasteiger partial charge in [-0.3, -0.25) is 4.79 Å². The monoisotopic (exact) mass is 366 g/mol. The molecule has 0 aliphatic rings. The van der Waals surface area contributed by atoms with Crippen LogP contribution in [-0.4, -0.2) is 18.7 Å². The van der Waals surface area contributed by atoms with E-state index in [-0.39, 0.29) is 17.8 Å². The van der Waals surface area contributed by atoms with Gasteiger partial charge in [-0.2, -0.15) is 0 Å². The van der Waals surface area contributed by atoms with E-state index in [1.165, 1.54) is 0 Å². The highest BCUT2D eigenvalue weighted by atomic mass is 16.6. The van der Waals surface area contributed by atoms with Crippen LogP contribution in [0.5, 0.6) is 5.75 Å². The van der Waals surface area contributed by atoms with Crippen molar-refractivity contribution < 1.29 is 18.7 Å². The first kappa shape index (κ1) is 18.7. The van der Waals surface area contributed by atoms with E-state index in [9.17, 15) is 9.59 Å². The molecule has 1 atom stereocenters. The third-order valence-corrected chi connectivity index (χ3v) is 4.23. The molecule has 0 fully saturated rings. The van der Waals surface area contributed by atoms with Crippen molar-refractivity contribution >= 4 is 16.9 Å². The molecule has 5 nitrogen and oxygen atoms in total. The Labute approximate surface area is 157 Å². The van der Waals surface area contributed by atoms with E-state index in [0.29, 0.717) is 22.3 Å². The minimum absolute atomic E-state index is 0.0116. The quantitative estimate of drug-likeness (QED) is 0.626. The van der Waals surface area contributed by atoms with Gasteiger partial charge in [0, 0.05) is 5.56 Å². The van der Waals surface area contributed by atoms with Gasteiger partial charge in [0.2, 0.25) is 11.2 Å². The molecule has 0 N–H and O–H groups in total. The normalized spacial score (nSPS) is 12.0. The number of hydrogen-bond acceptors (Lipinski definition) is 5. The second-order valence-corrected chi connectivity index (χ2v) is 6.47. The lowest BCUT2D eigenvalue weighted by molar-refractivity contribution is -0.150. The van der Waals surface area contributed by atoms with Gasteiger partial charge in [0.25, 0.3) is 0 Å². The van der Waals surface area contributed by atoms with Gasteiger partial charge in [0.1, 0.15) is 5.58 Å². The Bertz CT molecular complexity index is 1030. The maximum atomic E-state index is 13.1. The van der Waals surface area contributed by atoms with Crippen molar-refractivity contribution in [2.24, 2.45) is 0 Å². The summed E-state index contributed by atoms with van der Waals surface area (Å²) in [5.41, 5.74) is 2.87. The number of fused-ring (bicyclic) bond motifs is 1. The van der Waals surface area contributed by atoms with E-state index in [4.69, 9.17) is 13.9 Å². The Balaban J connectivity index is 2.19. The summed E-state index contributed by atoms with van der Waals surface area (Å²) in [5.74, 6) is -0.221. The Morgan fingerprint density at radius 2 is 1.74 bits per heavy atom. The first-order valence-electron chi connectivity index (χ1n) is 8.88. The lowest BCUT2D eigenvalue weighted by Crippen LogP contribution is -2.28. The zero-order valence-corrected chi connectivity index (χ0v) is 15.9. The summed E-state index contributed by atoms with van der Waals surface area (Å²) in [6, 6.07) is 13.0. The lowest BCUT2D eigenvalue weighted by atomic mass is 10.1. The van der Waals surface area contributed by atoms with Crippen LogP contribution in [0.4, 0.5) is 0 Å². The third kappa shape index (κ3) is 3.87. The van der Waals surface area contributed by atoms with Crippen LogP contribution in [0, 0.1) is 13.8 Å². The van der Waals surface area contributed by atoms with Crippen LogP contribution in [0.15, 0.2) is 51.7 Å². The zero-order valence-electron chi connectivity index (χ0n) is 15.9. The highest BCUT2D eigenvalue weighted by Crippen LogP contribution is 2.32. The van der Waals surface area contributed by atoms with E-state index >= 15 is 0 Å². The van der Waals surface area contributed by atoms with Crippen LogP contribution in [0.1, 0.15) is 25.0 Å². The number of hydrogen-bond donors (Lipinski definition) is 0. The van der Waals surface area contributed by atoms with Crippen LogP contribution in [-0.2, 0) is 9.53 Å². The van der Waals surface area contributed by atoms with E-state index in [2.05, 4.69) is 0 Å². The molecule has 0 saturated carbocycles. The van der Waals surface area contributed by atoms with E-state index in [0.717, 1.165) is 11.1 Å². The molecule has 0 bridgehead atoms. The minimum Gasteiger partial charge on any atom is -0.471 e. The third-order valence-electron chi connectivity index (χ3n) is 4.23. The molecule has 0 radical (unpaired) electrons. The van der Waals surface area contributed by atoms with Crippen LogP contribution in [0.2, 0.25) is 0 Å². The smallest absolute Gasteiger partial charge is 0.347 e. The molecule has 0 saturated heterocycles. The molecular formula is C22H22O5. The summed E-state index contributed by atoms with van der Waals surface area (Å²) in [6.07, 6.45) is -0.931. The Kier molecular flexibility index (Phi) is 5.31. The van der Waals surface area contributed by atoms with Crippen molar-refractivity contribution in [1.82, 2.24) is 0 Å². The number of ether oxygens (including phenoxy) is 2. The lowest BCUT2D eigenvalue weighted by Gasteiger charge is -2.16. The van der Waals surface area contributed by atoms with E-state index in [1.807, 2.05) is 44.2 Å². The van der Waals surface area contributed by atoms with E-state index in [1.54, 1.807) is 26.0 Å². The van der Waals surface area contributed by atoms with Gasteiger partial charge in [-0.05, 0) is 39.8 Å². The number of esters is 1. The van der Waals surface area contributed by atoms with Crippen molar-refractivity contribution in [3.8, 4) is 17.1 Å². The summed E-state index contributed by atoms with van der Waals surface area (Å²) in [4.78, 5) is 25.1. The largest absolute Gasteiger partial charge is 0.471 e. The molecular weight excluding hydrogens is 344 g/mol. The molecule has 1 aromatic heterocycles. The molecule has 27 heavy (non-hydrogen) atoms. The highest BCUT2D eigenvalue weighted by Gasteiger charge is 2.23. The number of carbonyl (C=O) groups excluding carboxylic acids is 1. The maximum absolute atomic E-state index is 13.1. The Hall–Kier alpha value is -3.08. The molecule has 2 aromatic carbocycles. The number of aryl methyl sites for hydroxylation is 2. The molecule has 5 heteroatoms. The van der Waals surface area contributed by atoms with Gasteiger partial charge in [-0.1, -0.05) is 41.5 Å². The molecule has 0 unspecified atom stereocenters. The van der Waals surface area contributed by atoms with Gasteiger partial charge >= 0.3 is 5.97 Å². The Morgan fingerprint density at radius 3 is 2.41 bits per heavy atom. The number of benzene rings is 2. The van der Waals surface area contributed by atoms with E-state index < -0.39 is 12.1 Å². The van der Waals surface area contributed by atoms with Gasteiger partial charge in [0.15, 0.2) is 11.9 Å². The van der Waals surface area contributed by atoms with Crippen LogP contribution in [0.25, 0.3) is 22.3 Å². The SMILES string of the molecule is CCOC(=O)[C@H](C)Oc1c(-c2ccc(C)cc2)oc2ccc(C)cc2c1=O. The van der Waals surface area contributed by atoms with Crippen LogP contribution >= 0.6 is 0 Å². The van der Waals surface area contributed by atoms with Crippen LogP contribution in [0.3, 0.4) is 0 Å². The van der Waals surface area contributed by atoms with Gasteiger partial charge < -0.3 is 13.9 Å². The summed E-state index contributed by atoms with van der Waals surface area (Å²) in [7, 11) is 0. The predicted molar refractivity (Wildman–Crippen MR) is 104 cm³/mol. The fourth-order valence-electron chi connectivity index (χ4n) is 2.78. The van der Waals surface area contributed by atoms with Crippen molar-refractivity contribution in [2.45, 2.75) is 33.8 Å². The fourth-order valence-corrected chi connectivity index (χ4v) is 2.78. The molecule has 3 aromatic rings. The number of carbonyl (C=O) groups is 1. The fraction of sp³-hybridized carbons (Fsp3) is 0.273. The second kappa shape index (κ2) is 7.66. The molecule has 0 aliphatic carbocycles.